The Kier molecular flexibility index (Phi) is 7.31. The van der Waals surface area contributed by atoms with Crippen LogP contribution in [0.2, 0.25) is 0 Å². The molecule has 160 valence electrons. The summed E-state index contributed by atoms with van der Waals surface area (Å²) in [5.74, 6) is 2.26. The Balaban J connectivity index is 2.04. The van der Waals surface area contributed by atoms with Crippen LogP contribution in [-0.2, 0) is 34.3 Å². The number of nitrogens with one attached hydrogen (secondary N) is 1. The number of carbonyl (C=O) groups is 1. The van der Waals surface area contributed by atoms with Gasteiger partial charge < -0.3 is 8.92 Å². The Bertz CT molecular complexity index is 1040. The average molecular weight is 443 g/mol. The lowest BCUT2D eigenvalue weighted by molar-refractivity contribution is -0.137. The average Bonchev–Trinajstić information content (AvgIpc) is 2.64. The first-order chi connectivity index (χ1) is 14.0. The van der Waals surface area contributed by atoms with Crippen LogP contribution < -0.4 is 9.50 Å². The molecule has 30 heavy (non-hydrogen) atoms. The van der Waals surface area contributed by atoms with Gasteiger partial charge in [0.15, 0.2) is 0 Å². The Hall–Kier alpha value is -3.23. The zero-order chi connectivity index (χ0) is 22.4. The molecule has 0 fully saturated rings. The van der Waals surface area contributed by atoms with E-state index >= 15 is 0 Å². The van der Waals surface area contributed by atoms with Gasteiger partial charge >= 0.3 is 22.7 Å². The van der Waals surface area contributed by atoms with E-state index in [0.717, 1.165) is 24.3 Å². The van der Waals surface area contributed by atoms with E-state index in [1.807, 2.05) is 0 Å². The molecule has 0 aromatic heterocycles. The molecule has 2 aromatic carbocycles. The van der Waals surface area contributed by atoms with Crippen LogP contribution in [0.15, 0.2) is 42.5 Å². The zero-order valence-corrected chi connectivity index (χ0v) is 16.1. The van der Waals surface area contributed by atoms with E-state index in [1.54, 1.807) is 0 Å². The molecule has 0 aliphatic carbocycles. The third kappa shape index (κ3) is 7.31. The number of rotatable bonds is 7. The summed E-state index contributed by atoms with van der Waals surface area (Å²) in [4.78, 5) is 11.9. The third-order valence-corrected chi connectivity index (χ3v) is 4.14. The van der Waals surface area contributed by atoms with Crippen molar-refractivity contribution < 1.29 is 39.9 Å². The Labute approximate surface area is 170 Å². The fourth-order valence-electron chi connectivity index (χ4n) is 2.40. The van der Waals surface area contributed by atoms with Gasteiger partial charge in [-0.05, 0) is 53.9 Å². The summed E-state index contributed by atoms with van der Waals surface area (Å²) >= 11 is 0. The van der Waals surface area contributed by atoms with Gasteiger partial charge in [0.05, 0.1) is 5.56 Å². The predicted octanol–water partition coefficient (Wildman–Crippen LogP) is 4.20. The van der Waals surface area contributed by atoms with E-state index in [4.69, 9.17) is 15.7 Å². The van der Waals surface area contributed by atoms with Crippen LogP contribution in [0.5, 0.6) is 5.75 Å². The number of ether oxygens (including phenoxy) is 1. The van der Waals surface area contributed by atoms with Gasteiger partial charge in [0.2, 0.25) is 0 Å². The summed E-state index contributed by atoms with van der Waals surface area (Å²) < 4.78 is 77.6. The molecular weight excluding hydrogens is 427 g/mol. The topological polar surface area (TPSA) is 102 Å². The number of benzene rings is 2. The van der Waals surface area contributed by atoms with Crippen molar-refractivity contribution in [2.45, 2.75) is 25.6 Å². The second-order valence-electron chi connectivity index (χ2n) is 5.92. The molecule has 7 nitrogen and oxygen atoms in total. The third-order valence-electron chi connectivity index (χ3n) is 3.74. The van der Waals surface area contributed by atoms with Crippen molar-refractivity contribution in [3.05, 3.63) is 59.2 Å². The first-order valence-corrected chi connectivity index (χ1v) is 9.67. The number of halogens is 3. The van der Waals surface area contributed by atoms with E-state index in [2.05, 4.69) is 15.4 Å². The molecule has 2 aromatic rings. The minimum absolute atomic E-state index is 0.109. The van der Waals surface area contributed by atoms with Crippen molar-refractivity contribution in [3.63, 3.8) is 0 Å². The number of hydrogen-bond acceptors (Lipinski definition) is 5. The van der Waals surface area contributed by atoms with Crippen LogP contribution in [-0.4, -0.2) is 19.1 Å². The fraction of sp³-hybridized carbons (Fsp3) is 0.211. The second kappa shape index (κ2) is 9.51. The molecule has 0 aliphatic rings. The maximum Gasteiger partial charge on any atom is 0.446 e. The minimum atomic E-state index is -4.71. The summed E-state index contributed by atoms with van der Waals surface area (Å²) in [7, 11) is -4.71. The van der Waals surface area contributed by atoms with Gasteiger partial charge in [0.1, 0.15) is 12.4 Å². The van der Waals surface area contributed by atoms with Crippen LogP contribution >= 0.6 is 0 Å². The number of carbonyl (C=O) groups excluding carboxylic acids is 1. The van der Waals surface area contributed by atoms with Crippen LogP contribution in [0.1, 0.15) is 23.1 Å². The molecule has 2 N–H and O–H groups in total. The molecule has 11 heteroatoms. The number of terminal acetylenes is 1. The molecular formula is C19H16F3NO6S. The largest absolute Gasteiger partial charge is 0.446 e. The number of hydrogen-bond donors (Lipinski definition) is 2. The van der Waals surface area contributed by atoms with Gasteiger partial charge in [-0.15, -0.1) is 12.3 Å². The molecule has 0 heterocycles. The van der Waals surface area contributed by atoms with E-state index in [1.165, 1.54) is 18.2 Å². The highest BCUT2D eigenvalue weighted by Gasteiger charge is 2.30. The maximum absolute atomic E-state index is 12.6. The smallest absolute Gasteiger partial charge is 0.444 e. The van der Waals surface area contributed by atoms with Crippen molar-refractivity contribution in [2.75, 3.05) is 5.32 Å². The summed E-state index contributed by atoms with van der Waals surface area (Å²) in [5.41, 5.74) is 0.274. The number of anilines is 1. The SMILES string of the molecule is C#CCCc1cc(OS(=O)(=O)O)ccc1COC(=O)Nc1ccc(C(F)(F)F)cc1. The quantitative estimate of drug-likeness (QED) is 0.491. The van der Waals surface area contributed by atoms with Gasteiger partial charge in [-0.25, -0.2) is 4.79 Å². The summed E-state index contributed by atoms with van der Waals surface area (Å²) in [5, 5.41) is 2.30. The molecule has 0 bridgehead atoms. The van der Waals surface area contributed by atoms with Crippen LogP contribution in [0.3, 0.4) is 0 Å². The minimum Gasteiger partial charge on any atom is -0.444 e. The lowest BCUT2D eigenvalue weighted by atomic mass is 10.0. The molecule has 0 spiro atoms. The lowest BCUT2D eigenvalue weighted by Crippen LogP contribution is -2.14. The fourth-order valence-corrected chi connectivity index (χ4v) is 2.74. The first kappa shape index (κ1) is 23.1. The maximum atomic E-state index is 12.6. The van der Waals surface area contributed by atoms with E-state index in [-0.39, 0.29) is 18.0 Å². The second-order valence-corrected chi connectivity index (χ2v) is 6.94. The summed E-state index contributed by atoms with van der Waals surface area (Å²) in [6, 6.07) is 7.83. The van der Waals surface area contributed by atoms with Crippen molar-refractivity contribution in [1.82, 2.24) is 0 Å². The van der Waals surface area contributed by atoms with Gasteiger partial charge in [-0.2, -0.15) is 21.6 Å². The number of amides is 1. The summed E-state index contributed by atoms with van der Waals surface area (Å²) in [6.07, 6.45) is 0.459. The molecule has 0 unspecified atom stereocenters. The van der Waals surface area contributed by atoms with Crippen molar-refractivity contribution in [3.8, 4) is 18.1 Å². The van der Waals surface area contributed by atoms with E-state index < -0.39 is 28.2 Å². The Morgan fingerprint density at radius 1 is 1.13 bits per heavy atom. The summed E-state index contributed by atoms with van der Waals surface area (Å²) in [6.45, 7) is -0.224. The monoisotopic (exact) mass is 443 g/mol. The van der Waals surface area contributed by atoms with Gasteiger partial charge in [-0.1, -0.05) is 6.07 Å². The molecule has 0 aliphatic heterocycles. The standard InChI is InChI=1S/C19H16F3NO6S/c1-2-3-4-13-11-17(29-30(25,26)27)10-5-14(13)12-28-18(24)23-16-8-6-15(7-9-16)19(20,21)22/h1,5-11H,3-4,12H2,(H,23,24)(H,25,26,27). The van der Waals surface area contributed by atoms with E-state index in [0.29, 0.717) is 24.0 Å². The Morgan fingerprint density at radius 2 is 1.80 bits per heavy atom. The van der Waals surface area contributed by atoms with Gasteiger partial charge in [0.25, 0.3) is 0 Å². The van der Waals surface area contributed by atoms with Crippen molar-refractivity contribution >= 4 is 22.2 Å². The van der Waals surface area contributed by atoms with E-state index in [9.17, 15) is 26.4 Å². The normalized spacial score (nSPS) is 11.4. The van der Waals surface area contributed by atoms with Crippen LogP contribution in [0.25, 0.3) is 0 Å². The molecule has 0 saturated heterocycles. The lowest BCUT2D eigenvalue weighted by Gasteiger charge is -2.12. The number of alkyl halides is 3. The number of aryl methyl sites for hydroxylation is 1. The Morgan fingerprint density at radius 3 is 2.37 bits per heavy atom. The molecule has 0 atom stereocenters. The molecule has 2 rings (SSSR count). The predicted molar refractivity (Wildman–Crippen MR) is 101 cm³/mol. The van der Waals surface area contributed by atoms with Crippen molar-refractivity contribution in [2.24, 2.45) is 0 Å². The highest BCUT2D eigenvalue weighted by atomic mass is 32.3. The highest BCUT2D eigenvalue weighted by molar-refractivity contribution is 7.81. The molecule has 1 amide bonds. The molecule has 0 saturated carbocycles. The van der Waals surface area contributed by atoms with Crippen LogP contribution in [0.4, 0.5) is 23.7 Å². The van der Waals surface area contributed by atoms with Crippen molar-refractivity contribution in [1.29, 1.82) is 0 Å². The van der Waals surface area contributed by atoms with Crippen LogP contribution in [0, 0.1) is 12.3 Å². The van der Waals surface area contributed by atoms with Gasteiger partial charge in [-0.3, -0.25) is 9.87 Å². The zero-order valence-electron chi connectivity index (χ0n) is 15.3. The van der Waals surface area contributed by atoms with Gasteiger partial charge in [0, 0.05) is 12.1 Å². The molecule has 0 radical (unpaired) electrons. The highest BCUT2D eigenvalue weighted by Crippen LogP contribution is 2.30. The first-order valence-electron chi connectivity index (χ1n) is 8.31.